The van der Waals surface area contributed by atoms with Crippen LogP contribution in [0.3, 0.4) is 0 Å². The van der Waals surface area contributed by atoms with E-state index in [1.54, 1.807) is 6.33 Å². The van der Waals surface area contributed by atoms with E-state index in [0.717, 1.165) is 65.5 Å². The Morgan fingerprint density at radius 2 is 1.68 bits per heavy atom. The van der Waals surface area contributed by atoms with Gasteiger partial charge in [-0.25, -0.2) is 14.6 Å². The van der Waals surface area contributed by atoms with E-state index < -0.39 is 5.97 Å². The van der Waals surface area contributed by atoms with Crippen molar-refractivity contribution in [2.24, 2.45) is 0 Å². The average Bonchev–Trinajstić information content (AvgIpc) is 3.63. The van der Waals surface area contributed by atoms with E-state index in [9.17, 15) is 0 Å². The summed E-state index contributed by atoms with van der Waals surface area (Å²) in [7, 11) is 2.22. The summed E-state index contributed by atoms with van der Waals surface area (Å²) < 4.78 is 2.13. The SMILES string of the molecule is CC(=O)O.CN1CCN(C2CCC(n3nc(-c4ccc(NCc5cc6ccccc6[nH]5)cc4)c4c(N)ncnc43)CC2)CC1. The van der Waals surface area contributed by atoms with Crippen molar-refractivity contribution in [1.29, 1.82) is 0 Å². The van der Waals surface area contributed by atoms with Crippen LogP contribution in [0, 0.1) is 0 Å². The Balaban J connectivity index is 0.000000810. The summed E-state index contributed by atoms with van der Waals surface area (Å²) in [5.41, 5.74) is 12.5. The van der Waals surface area contributed by atoms with Gasteiger partial charge in [0, 0.05) is 61.6 Å². The second-order valence-corrected chi connectivity index (χ2v) is 11.9. The maximum absolute atomic E-state index is 9.00. The zero-order valence-electron chi connectivity index (χ0n) is 25.4. The number of carboxylic acid groups (broad SMARTS) is 1. The number of aromatic amines is 1. The van der Waals surface area contributed by atoms with Crippen LogP contribution >= 0.6 is 0 Å². The number of nitrogens with two attached hydrogens (primary N) is 1. The molecule has 0 atom stereocenters. The molecule has 1 saturated heterocycles. The molecule has 230 valence electrons. The second-order valence-electron chi connectivity index (χ2n) is 11.9. The molecule has 11 nitrogen and oxygen atoms in total. The summed E-state index contributed by atoms with van der Waals surface area (Å²) in [5.74, 6) is -0.349. The van der Waals surface area contributed by atoms with E-state index in [2.05, 4.69) is 96.4 Å². The lowest BCUT2D eigenvalue weighted by Crippen LogP contribution is -2.49. The van der Waals surface area contributed by atoms with Gasteiger partial charge in [-0.15, -0.1) is 0 Å². The van der Waals surface area contributed by atoms with Crippen molar-refractivity contribution in [2.75, 3.05) is 44.3 Å². The maximum Gasteiger partial charge on any atom is 0.300 e. The van der Waals surface area contributed by atoms with Gasteiger partial charge in [-0.3, -0.25) is 9.69 Å². The number of carbonyl (C=O) groups is 1. The molecule has 5 N–H and O–H groups in total. The molecule has 11 heteroatoms. The number of benzene rings is 2. The van der Waals surface area contributed by atoms with Crippen molar-refractivity contribution in [3.05, 3.63) is 66.6 Å². The molecule has 0 bridgehead atoms. The predicted octanol–water partition coefficient (Wildman–Crippen LogP) is 4.99. The zero-order valence-corrected chi connectivity index (χ0v) is 25.4. The van der Waals surface area contributed by atoms with Gasteiger partial charge >= 0.3 is 0 Å². The van der Waals surface area contributed by atoms with Gasteiger partial charge in [-0.05, 0) is 62.4 Å². The van der Waals surface area contributed by atoms with Crippen LogP contribution in [0.1, 0.15) is 44.3 Å². The molecule has 7 rings (SSSR count). The number of rotatable bonds is 6. The molecular weight excluding hydrogens is 554 g/mol. The quantitative estimate of drug-likeness (QED) is 0.214. The number of nitrogen functional groups attached to an aromatic ring is 1. The largest absolute Gasteiger partial charge is 0.481 e. The minimum Gasteiger partial charge on any atom is -0.481 e. The summed E-state index contributed by atoms with van der Waals surface area (Å²) in [6.07, 6.45) is 6.17. The number of likely N-dealkylation sites (N-methyl/N-ethyl adjacent to an activating group) is 1. The first-order valence-electron chi connectivity index (χ1n) is 15.4. The van der Waals surface area contributed by atoms with Gasteiger partial charge in [-0.2, -0.15) is 5.10 Å². The maximum atomic E-state index is 9.00. The van der Waals surface area contributed by atoms with Crippen LogP contribution in [0.4, 0.5) is 11.5 Å². The monoisotopic (exact) mass is 595 g/mol. The Morgan fingerprint density at radius 3 is 2.39 bits per heavy atom. The van der Waals surface area contributed by atoms with Gasteiger partial charge < -0.3 is 26.0 Å². The Morgan fingerprint density at radius 1 is 1.00 bits per heavy atom. The molecule has 2 fully saturated rings. The number of piperazine rings is 1. The van der Waals surface area contributed by atoms with Crippen LogP contribution in [0.25, 0.3) is 33.2 Å². The highest BCUT2D eigenvalue weighted by molar-refractivity contribution is 5.98. The summed E-state index contributed by atoms with van der Waals surface area (Å²) in [6.45, 7) is 6.50. The molecule has 4 heterocycles. The van der Waals surface area contributed by atoms with Crippen LogP contribution < -0.4 is 11.1 Å². The molecule has 3 aromatic heterocycles. The van der Waals surface area contributed by atoms with Gasteiger partial charge in [0.25, 0.3) is 5.97 Å². The van der Waals surface area contributed by atoms with Crippen molar-refractivity contribution in [1.82, 2.24) is 34.5 Å². The number of nitrogens with zero attached hydrogens (tertiary/aromatic N) is 6. The first-order valence-corrected chi connectivity index (χ1v) is 15.4. The minimum absolute atomic E-state index is 0.325. The summed E-state index contributed by atoms with van der Waals surface area (Å²) in [5, 5.41) is 18.1. The number of aliphatic carboxylic acids is 1. The van der Waals surface area contributed by atoms with Crippen LogP contribution in [-0.2, 0) is 11.3 Å². The highest BCUT2D eigenvalue weighted by Crippen LogP contribution is 2.37. The number of H-pyrrole nitrogens is 1. The van der Waals surface area contributed by atoms with Gasteiger partial charge in [0.15, 0.2) is 5.65 Å². The van der Waals surface area contributed by atoms with Crippen molar-refractivity contribution in [3.63, 3.8) is 0 Å². The molecule has 0 radical (unpaired) electrons. The second kappa shape index (κ2) is 13.0. The Bertz CT molecular complexity index is 1680. The fraction of sp³-hybridized carbons (Fsp3) is 0.394. The highest BCUT2D eigenvalue weighted by Gasteiger charge is 2.30. The fourth-order valence-electron chi connectivity index (χ4n) is 6.48. The van der Waals surface area contributed by atoms with Gasteiger partial charge in [0.05, 0.1) is 18.0 Å². The third-order valence-electron chi connectivity index (χ3n) is 8.81. The normalized spacial score (nSPS) is 19.5. The number of aromatic nitrogens is 5. The van der Waals surface area contributed by atoms with E-state index in [0.29, 0.717) is 17.9 Å². The lowest BCUT2D eigenvalue weighted by atomic mass is 9.90. The molecule has 0 amide bonds. The molecular formula is C33H41N9O2. The third kappa shape index (κ3) is 6.53. The molecule has 5 aromatic rings. The van der Waals surface area contributed by atoms with Gasteiger partial charge in [-0.1, -0.05) is 30.3 Å². The van der Waals surface area contributed by atoms with Crippen molar-refractivity contribution < 1.29 is 9.90 Å². The van der Waals surface area contributed by atoms with E-state index in [-0.39, 0.29) is 0 Å². The number of para-hydroxylation sites is 1. The molecule has 2 aromatic carbocycles. The van der Waals surface area contributed by atoms with E-state index >= 15 is 0 Å². The minimum atomic E-state index is -0.833. The molecule has 44 heavy (non-hydrogen) atoms. The Hall–Kier alpha value is -4.48. The third-order valence-corrected chi connectivity index (χ3v) is 8.81. The molecule has 1 aliphatic carbocycles. The van der Waals surface area contributed by atoms with Crippen molar-refractivity contribution in [3.8, 4) is 11.3 Å². The highest BCUT2D eigenvalue weighted by atomic mass is 16.4. The Labute approximate surface area is 257 Å². The van der Waals surface area contributed by atoms with E-state index in [1.807, 2.05) is 0 Å². The number of fused-ring (bicyclic) bond motifs is 2. The van der Waals surface area contributed by atoms with E-state index in [1.165, 1.54) is 44.4 Å². The molecule has 2 aliphatic rings. The van der Waals surface area contributed by atoms with Crippen LogP contribution in [0.5, 0.6) is 0 Å². The van der Waals surface area contributed by atoms with Gasteiger partial charge in [0.1, 0.15) is 17.8 Å². The molecule has 0 spiro atoms. The fourth-order valence-corrected chi connectivity index (χ4v) is 6.48. The molecule has 1 saturated carbocycles. The van der Waals surface area contributed by atoms with Gasteiger partial charge in [0.2, 0.25) is 0 Å². The summed E-state index contributed by atoms with van der Waals surface area (Å²) >= 11 is 0. The number of nitrogens with one attached hydrogen (secondary N) is 2. The number of hydrogen-bond acceptors (Lipinski definition) is 8. The number of anilines is 2. The zero-order chi connectivity index (χ0) is 30.6. The van der Waals surface area contributed by atoms with Crippen LogP contribution in [-0.4, -0.2) is 84.9 Å². The summed E-state index contributed by atoms with van der Waals surface area (Å²) in [4.78, 5) is 26.6. The summed E-state index contributed by atoms with van der Waals surface area (Å²) in [6, 6.07) is 20.0. The predicted molar refractivity (Wildman–Crippen MR) is 174 cm³/mol. The average molecular weight is 596 g/mol. The van der Waals surface area contributed by atoms with Crippen LogP contribution in [0.15, 0.2) is 60.9 Å². The first kappa shape index (κ1) is 29.6. The number of hydrogen-bond donors (Lipinski definition) is 4. The molecule has 1 aliphatic heterocycles. The van der Waals surface area contributed by atoms with Crippen molar-refractivity contribution in [2.45, 2.75) is 51.2 Å². The molecule has 0 unspecified atom stereocenters. The van der Waals surface area contributed by atoms with E-state index in [4.69, 9.17) is 20.7 Å². The number of carboxylic acids is 1. The Kier molecular flexibility index (Phi) is 8.76. The first-order chi connectivity index (χ1) is 21.4. The lowest BCUT2D eigenvalue weighted by Gasteiger charge is -2.41. The lowest BCUT2D eigenvalue weighted by molar-refractivity contribution is -0.134. The smallest absolute Gasteiger partial charge is 0.300 e. The van der Waals surface area contributed by atoms with Crippen molar-refractivity contribution >= 4 is 39.4 Å². The van der Waals surface area contributed by atoms with Crippen LogP contribution in [0.2, 0.25) is 0 Å². The topological polar surface area (TPSA) is 141 Å². The standard InChI is InChI=1S/C31H37N9.C2H4O2/c1-38-14-16-39(17-15-38)25-10-12-26(13-11-25)40-31-28(30(32)34-20-35-31)29(37-40)21-6-8-23(9-7-21)33-19-24-18-22-4-2-3-5-27(22)36-24;1-2(3)4/h2-9,18,20,25-26,33,36H,10-17,19H2,1H3,(H2,32,34,35);1H3,(H,3,4).